The molecule has 1 atom stereocenters. The fourth-order valence-electron chi connectivity index (χ4n) is 2.45. The minimum absolute atomic E-state index is 0.0149. The predicted molar refractivity (Wildman–Crippen MR) is 103 cm³/mol. The van der Waals surface area contributed by atoms with Gasteiger partial charge in [0.15, 0.2) is 0 Å². The van der Waals surface area contributed by atoms with Crippen LogP contribution in [0.3, 0.4) is 0 Å². The minimum Gasteiger partial charge on any atom is -0.508 e. The zero-order valence-electron chi connectivity index (χ0n) is 15.4. The topological polar surface area (TPSA) is 94.4 Å². The molecule has 3 N–H and O–H groups in total. The van der Waals surface area contributed by atoms with E-state index in [0.29, 0.717) is 13.0 Å². The Labute approximate surface area is 159 Å². The number of carbonyl (C=O) groups excluding carboxylic acids is 1. The molecule has 140 valence electrons. The molecule has 0 aromatic heterocycles. The largest absolute Gasteiger partial charge is 0.508 e. The molecule has 1 amide bonds. The van der Waals surface area contributed by atoms with E-state index in [1.54, 1.807) is 19.2 Å². The van der Waals surface area contributed by atoms with E-state index >= 15 is 0 Å². The molecule has 0 bridgehead atoms. The molecule has 6 nitrogen and oxygen atoms in total. The van der Waals surface area contributed by atoms with Gasteiger partial charge in [-0.1, -0.05) is 24.3 Å². The van der Waals surface area contributed by atoms with Gasteiger partial charge in [-0.2, -0.15) is 5.26 Å². The Morgan fingerprint density at radius 1 is 1.22 bits per heavy atom. The number of benzene rings is 2. The third-order valence-electron chi connectivity index (χ3n) is 4.07. The predicted octanol–water partition coefficient (Wildman–Crippen LogP) is 2.82. The summed E-state index contributed by atoms with van der Waals surface area (Å²) in [6.45, 7) is 2.42. The van der Waals surface area contributed by atoms with E-state index in [-0.39, 0.29) is 17.4 Å². The Morgan fingerprint density at radius 3 is 2.48 bits per heavy atom. The number of nitriles is 1. The molecule has 0 heterocycles. The molecule has 0 radical (unpaired) electrons. The van der Waals surface area contributed by atoms with E-state index in [2.05, 4.69) is 10.6 Å². The molecular formula is C21H23N3O3. The quantitative estimate of drug-likeness (QED) is 0.380. The Balaban J connectivity index is 1.87. The van der Waals surface area contributed by atoms with Crippen molar-refractivity contribution < 1.29 is 14.6 Å². The van der Waals surface area contributed by atoms with Gasteiger partial charge in [0, 0.05) is 12.7 Å². The maximum absolute atomic E-state index is 12.3. The monoisotopic (exact) mass is 365 g/mol. The smallest absolute Gasteiger partial charge is 0.263 e. The number of amides is 1. The molecule has 0 aliphatic rings. The lowest BCUT2D eigenvalue weighted by atomic mass is 10.1. The highest BCUT2D eigenvalue weighted by Gasteiger charge is 2.13. The summed E-state index contributed by atoms with van der Waals surface area (Å²) in [4.78, 5) is 12.3. The van der Waals surface area contributed by atoms with Gasteiger partial charge >= 0.3 is 0 Å². The molecule has 2 aromatic carbocycles. The summed E-state index contributed by atoms with van der Waals surface area (Å²) in [5, 5.41) is 24.3. The van der Waals surface area contributed by atoms with Crippen molar-refractivity contribution in [2.45, 2.75) is 19.4 Å². The van der Waals surface area contributed by atoms with Gasteiger partial charge in [0.05, 0.1) is 13.2 Å². The van der Waals surface area contributed by atoms with Crippen molar-refractivity contribution in [2.75, 3.05) is 13.7 Å². The van der Waals surface area contributed by atoms with E-state index in [9.17, 15) is 15.2 Å². The molecule has 6 heteroatoms. The van der Waals surface area contributed by atoms with Crippen molar-refractivity contribution in [3.8, 4) is 17.6 Å². The van der Waals surface area contributed by atoms with Crippen LogP contribution in [0.4, 0.5) is 0 Å². The van der Waals surface area contributed by atoms with E-state index in [1.165, 1.54) is 6.20 Å². The lowest BCUT2D eigenvalue weighted by Crippen LogP contribution is -2.28. The number of hydrogen-bond acceptors (Lipinski definition) is 5. The number of phenols is 1. The highest BCUT2D eigenvalue weighted by Crippen LogP contribution is 2.17. The molecule has 0 aliphatic carbocycles. The second kappa shape index (κ2) is 9.88. The van der Waals surface area contributed by atoms with Crippen molar-refractivity contribution in [1.82, 2.24) is 10.6 Å². The number of rotatable bonds is 8. The van der Waals surface area contributed by atoms with E-state index in [1.807, 2.05) is 49.4 Å². The van der Waals surface area contributed by atoms with Gasteiger partial charge in [0.1, 0.15) is 23.1 Å². The van der Waals surface area contributed by atoms with E-state index in [4.69, 9.17) is 4.74 Å². The Morgan fingerprint density at radius 2 is 1.89 bits per heavy atom. The summed E-state index contributed by atoms with van der Waals surface area (Å²) in [6, 6.07) is 16.0. The summed E-state index contributed by atoms with van der Waals surface area (Å²) in [6.07, 6.45) is 2.13. The number of ether oxygens (including phenoxy) is 1. The molecule has 0 aliphatic heterocycles. The number of nitrogens with zero attached hydrogens (tertiary/aromatic N) is 1. The van der Waals surface area contributed by atoms with Gasteiger partial charge < -0.3 is 20.5 Å². The standard InChI is InChI=1S/C21H23N3O3/c1-15(17-5-9-20(27-2)10-6-17)24-21(26)18(13-22)14-23-12-11-16-3-7-19(25)8-4-16/h3-10,14-15,23,25H,11-12H2,1-2H3,(H,24,26)/b18-14-. The summed E-state index contributed by atoms with van der Waals surface area (Å²) < 4.78 is 5.12. The first-order chi connectivity index (χ1) is 13.0. The van der Waals surface area contributed by atoms with Crippen molar-refractivity contribution >= 4 is 5.91 Å². The first-order valence-electron chi connectivity index (χ1n) is 8.60. The zero-order valence-corrected chi connectivity index (χ0v) is 15.4. The number of hydrogen-bond donors (Lipinski definition) is 3. The first-order valence-corrected chi connectivity index (χ1v) is 8.60. The van der Waals surface area contributed by atoms with Crippen LogP contribution in [0.15, 0.2) is 60.3 Å². The average molecular weight is 365 g/mol. The van der Waals surface area contributed by atoms with Crippen LogP contribution in [0.2, 0.25) is 0 Å². The molecule has 0 saturated carbocycles. The van der Waals surface area contributed by atoms with Crippen LogP contribution in [-0.4, -0.2) is 24.7 Å². The highest BCUT2D eigenvalue weighted by atomic mass is 16.5. The number of methoxy groups -OCH3 is 1. The van der Waals surface area contributed by atoms with Gasteiger partial charge in [-0.25, -0.2) is 0 Å². The number of nitrogens with one attached hydrogen (secondary N) is 2. The summed E-state index contributed by atoms with van der Waals surface area (Å²) in [7, 11) is 1.60. The molecule has 1 unspecified atom stereocenters. The van der Waals surface area contributed by atoms with Crippen molar-refractivity contribution in [3.05, 3.63) is 71.4 Å². The number of carbonyl (C=O) groups is 1. The maximum atomic E-state index is 12.3. The van der Waals surface area contributed by atoms with Crippen LogP contribution in [0.25, 0.3) is 0 Å². The SMILES string of the molecule is COc1ccc(C(C)NC(=O)/C(C#N)=C\NCCc2ccc(O)cc2)cc1. The van der Waals surface area contributed by atoms with Crippen LogP contribution in [0, 0.1) is 11.3 Å². The maximum Gasteiger partial charge on any atom is 0.263 e. The van der Waals surface area contributed by atoms with Crippen LogP contribution in [0.1, 0.15) is 24.1 Å². The van der Waals surface area contributed by atoms with Crippen LogP contribution < -0.4 is 15.4 Å². The molecule has 2 aromatic rings. The third kappa shape index (κ3) is 6.08. The molecular weight excluding hydrogens is 342 g/mol. The Hall–Kier alpha value is -3.46. The Bertz CT molecular complexity index is 821. The fraction of sp³-hybridized carbons (Fsp3) is 0.238. The van der Waals surface area contributed by atoms with Gasteiger partial charge in [-0.05, 0) is 48.7 Å². The average Bonchev–Trinajstić information content (AvgIpc) is 2.69. The lowest BCUT2D eigenvalue weighted by Gasteiger charge is -2.14. The number of aromatic hydroxyl groups is 1. The number of phenolic OH excluding ortho intramolecular Hbond substituents is 1. The minimum atomic E-state index is -0.432. The van der Waals surface area contributed by atoms with Crippen molar-refractivity contribution in [1.29, 1.82) is 5.26 Å². The molecule has 0 saturated heterocycles. The molecule has 2 rings (SSSR count). The normalized spacial score (nSPS) is 12.0. The second-order valence-corrected chi connectivity index (χ2v) is 6.01. The Kier molecular flexibility index (Phi) is 7.26. The first kappa shape index (κ1) is 19.9. The van der Waals surface area contributed by atoms with Gasteiger partial charge in [-0.15, -0.1) is 0 Å². The van der Waals surface area contributed by atoms with Gasteiger partial charge in [0.2, 0.25) is 0 Å². The molecule has 0 spiro atoms. The summed E-state index contributed by atoms with van der Waals surface area (Å²) in [5.41, 5.74) is 1.98. The summed E-state index contributed by atoms with van der Waals surface area (Å²) in [5.74, 6) is 0.534. The van der Waals surface area contributed by atoms with Crippen LogP contribution in [-0.2, 0) is 11.2 Å². The van der Waals surface area contributed by atoms with Crippen molar-refractivity contribution in [2.24, 2.45) is 0 Å². The third-order valence-corrected chi connectivity index (χ3v) is 4.07. The molecule has 27 heavy (non-hydrogen) atoms. The lowest BCUT2D eigenvalue weighted by molar-refractivity contribution is -0.117. The fourth-order valence-corrected chi connectivity index (χ4v) is 2.45. The van der Waals surface area contributed by atoms with Crippen LogP contribution in [0.5, 0.6) is 11.5 Å². The summed E-state index contributed by atoms with van der Waals surface area (Å²) >= 11 is 0. The molecule has 0 fully saturated rings. The zero-order chi connectivity index (χ0) is 19.6. The second-order valence-electron chi connectivity index (χ2n) is 6.01. The van der Waals surface area contributed by atoms with Crippen molar-refractivity contribution in [3.63, 3.8) is 0 Å². The van der Waals surface area contributed by atoms with Gasteiger partial charge in [0.25, 0.3) is 5.91 Å². The van der Waals surface area contributed by atoms with E-state index < -0.39 is 5.91 Å². The van der Waals surface area contributed by atoms with Gasteiger partial charge in [-0.3, -0.25) is 4.79 Å². The highest BCUT2D eigenvalue weighted by molar-refractivity contribution is 5.97. The van der Waals surface area contributed by atoms with Crippen LogP contribution >= 0.6 is 0 Å². The van der Waals surface area contributed by atoms with E-state index in [0.717, 1.165) is 16.9 Å².